The van der Waals surface area contributed by atoms with E-state index < -0.39 is 0 Å². The SMILES string of the molecule is [Pd].[c-]1c(N2C=CN(c3ccccc3)[CH-]2)ccc2c1B1c3[c-]c(-n4cccn4)ccc3-c3ccccc3N1c1ccccc1-2. The van der Waals surface area contributed by atoms with Crippen molar-refractivity contribution in [2.75, 3.05) is 14.6 Å². The Bertz CT molecular complexity index is 2010. The fourth-order valence-electron chi connectivity index (χ4n) is 6.48. The third-order valence-corrected chi connectivity index (χ3v) is 8.35. The minimum absolute atomic E-state index is 0. The van der Waals surface area contributed by atoms with E-state index in [4.69, 9.17) is 0 Å². The van der Waals surface area contributed by atoms with E-state index in [0.717, 1.165) is 28.0 Å². The van der Waals surface area contributed by atoms with Gasteiger partial charge in [0.15, 0.2) is 0 Å². The Morgan fingerprint density at radius 1 is 0.581 bits per heavy atom. The van der Waals surface area contributed by atoms with Crippen LogP contribution < -0.4 is 25.5 Å². The first-order chi connectivity index (χ1) is 20.8. The van der Waals surface area contributed by atoms with Gasteiger partial charge in [-0.05, 0) is 48.4 Å². The summed E-state index contributed by atoms with van der Waals surface area (Å²) in [4.78, 5) is 6.74. The van der Waals surface area contributed by atoms with Crippen LogP contribution in [-0.2, 0) is 20.4 Å². The Hall–Kier alpha value is -4.82. The van der Waals surface area contributed by atoms with Crippen LogP contribution in [0.1, 0.15) is 0 Å². The number of hydrogen-bond acceptors (Lipinski definition) is 4. The smallest absolute Gasteiger partial charge is 0.278 e. The van der Waals surface area contributed by atoms with Gasteiger partial charge in [-0.25, -0.2) is 0 Å². The van der Waals surface area contributed by atoms with Crippen LogP contribution in [0, 0.1) is 18.8 Å². The Morgan fingerprint density at radius 3 is 1.86 bits per heavy atom. The maximum atomic E-state index is 4.50. The quantitative estimate of drug-likeness (QED) is 0.168. The van der Waals surface area contributed by atoms with Crippen molar-refractivity contribution in [1.82, 2.24) is 9.78 Å². The van der Waals surface area contributed by atoms with Gasteiger partial charge in [-0.3, -0.25) is 4.68 Å². The number of benzene rings is 5. The van der Waals surface area contributed by atoms with Crippen LogP contribution >= 0.6 is 0 Å². The number of aromatic nitrogens is 2. The van der Waals surface area contributed by atoms with Gasteiger partial charge in [-0.15, -0.1) is 35.6 Å². The van der Waals surface area contributed by atoms with Crippen LogP contribution in [-0.4, -0.2) is 16.6 Å². The summed E-state index contributed by atoms with van der Waals surface area (Å²) >= 11 is 0. The normalized spacial score (nSPS) is 14.0. The van der Waals surface area contributed by atoms with Crippen molar-refractivity contribution in [3.05, 3.63) is 153 Å². The van der Waals surface area contributed by atoms with Crippen LogP contribution in [0.2, 0.25) is 0 Å². The molecule has 0 radical (unpaired) electrons. The molecular weight excluding hydrogens is 620 g/mol. The summed E-state index contributed by atoms with van der Waals surface area (Å²) in [5.41, 5.74) is 12.5. The summed E-state index contributed by atoms with van der Waals surface area (Å²) in [6.45, 7) is 2.00. The molecule has 7 heteroatoms. The van der Waals surface area contributed by atoms with E-state index in [1.165, 1.54) is 33.6 Å². The molecule has 1 aromatic heterocycles. The molecule has 0 N–H and O–H groups in total. The summed E-state index contributed by atoms with van der Waals surface area (Å²) in [7, 11) is 0. The molecule has 0 fully saturated rings. The summed E-state index contributed by atoms with van der Waals surface area (Å²) in [6.07, 6.45) is 7.95. The number of nitrogens with zero attached hydrogens (tertiary/aromatic N) is 5. The third-order valence-electron chi connectivity index (χ3n) is 8.35. The minimum atomic E-state index is -0.105. The van der Waals surface area contributed by atoms with E-state index >= 15 is 0 Å². The Morgan fingerprint density at radius 2 is 1.19 bits per heavy atom. The zero-order valence-corrected chi connectivity index (χ0v) is 24.5. The first-order valence-electron chi connectivity index (χ1n) is 14.1. The molecule has 3 aliphatic rings. The maximum Gasteiger partial charge on any atom is 0.278 e. The molecule has 4 heterocycles. The second-order valence-corrected chi connectivity index (χ2v) is 10.7. The van der Waals surface area contributed by atoms with Gasteiger partial charge in [0.05, 0.1) is 0 Å². The molecule has 0 atom stereocenters. The van der Waals surface area contributed by atoms with Crippen LogP contribution in [0.4, 0.5) is 22.7 Å². The number of anilines is 4. The van der Waals surface area contributed by atoms with Crippen LogP contribution in [0.3, 0.4) is 0 Å². The first-order valence-corrected chi connectivity index (χ1v) is 14.1. The number of para-hydroxylation sites is 3. The average molecular weight is 643 g/mol. The number of rotatable bonds is 3. The van der Waals surface area contributed by atoms with Gasteiger partial charge in [0, 0.05) is 49.9 Å². The van der Waals surface area contributed by atoms with Crippen molar-refractivity contribution in [3.8, 4) is 27.9 Å². The molecule has 6 aromatic rings. The summed E-state index contributed by atoms with van der Waals surface area (Å²) in [5.74, 6) is 0. The molecule has 0 unspecified atom stereocenters. The third kappa shape index (κ3) is 4.00. The van der Waals surface area contributed by atoms with E-state index in [-0.39, 0.29) is 27.3 Å². The van der Waals surface area contributed by atoms with Gasteiger partial charge in [-0.1, -0.05) is 65.7 Å². The van der Waals surface area contributed by atoms with Crippen molar-refractivity contribution in [1.29, 1.82) is 0 Å². The molecule has 0 amide bonds. The monoisotopic (exact) mass is 642 g/mol. The molecule has 0 bridgehead atoms. The molecule has 5 nitrogen and oxygen atoms in total. The van der Waals surface area contributed by atoms with Gasteiger partial charge in [0.25, 0.3) is 6.85 Å². The summed E-state index contributed by atoms with van der Waals surface area (Å²) in [6, 6.07) is 46.1. The second-order valence-electron chi connectivity index (χ2n) is 10.7. The van der Waals surface area contributed by atoms with Gasteiger partial charge in [0.1, 0.15) is 0 Å². The Labute approximate surface area is 265 Å². The molecule has 3 aliphatic heterocycles. The fraction of sp³-hybridized carbons (Fsp3) is 0. The topological polar surface area (TPSA) is 27.5 Å². The van der Waals surface area contributed by atoms with Crippen molar-refractivity contribution in [3.63, 3.8) is 0 Å². The minimum Gasteiger partial charge on any atom is -0.500 e. The van der Waals surface area contributed by atoms with Gasteiger partial charge >= 0.3 is 0 Å². The molecule has 5 aromatic carbocycles. The Balaban J connectivity index is 0.00000278. The Kier molecular flexibility index (Phi) is 6.11. The number of hydrogen-bond donors (Lipinski definition) is 0. The fourth-order valence-corrected chi connectivity index (χ4v) is 6.48. The van der Waals surface area contributed by atoms with Gasteiger partial charge in [0.2, 0.25) is 0 Å². The van der Waals surface area contributed by atoms with Crippen molar-refractivity contribution in [2.24, 2.45) is 0 Å². The molecule has 9 rings (SSSR count). The van der Waals surface area contributed by atoms with E-state index in [2.05, 4.69) is 148 Å². The largest absolute Gasteiger partial charge is 0.500 e. The van der Waals surface area contributed by atoms with E-state index in [0.29, 0.717) is 0 Å². The van der Waals surface area contributed by atoms with Crippen LogP contribution in [0.15, 0.2) is 134 Å². The molecule has 0 saturated carbocycles. The number of fused-ring (bicyclic) bond motifs is 11. The molecule has 208 valence electrons. The average Bonchev–Trinajstić information content (AvgIpc) is 3.78. The molecule has 0 aliphatic carbocycles. The molecule has 43 heavy (non-hydrogen) atoms. The molecule has 0 spiro atoms. The second kappa shape index (κ2) is 10.2. The van der Waals surface area contributed by atoms with E-state index in [1.807, 2.05) is 23.0 Å². The van der Waals surface area contributed by atoms with Crippen molar-refractivity contribution >= 4 is 40.5 Å². The zero-order valence-electron chi connectivity index (χ0n) is 22.9. The molecular formula is C36H23BN5Pd-3. The summed E-state index contributed by atoms with van der Waals surface area (Å²) in [5, 5.41) is 4.50. The van der Waals surface area contributed by atoms with E-state index in [9.17, 15) is 0 Å². The first kappa shape index (κ1) is 25.9. The molecule has 0 saturated heterocycles. The van der Waals surface area contributed by atoms with Crippen LogP contribution in [0.5, 0.6) is 0 Å². The predicted octanol–water partition coefficient (Wildman–Crippen LogP) is 6.29. The maximum absolute atomic E-state index is 4.50. The van der Waals surface area contributed by atoms with Gasteiger partial charge < -0.3 is 14.6 Å². The van der Waals surface area contributed by atoms with Crippen LogP contribution in [0.25, 0.3) is 27.9 Å². The van der Waals surface area contributed by atoms with Gasteiger partial charge in [-0.2, -0.15) is 40.3 Å². The predicted molar refractivity (Wildman–Crippen MR) is 171 cm³/mol. The van der Waals surface area contributed by atoms with Crippen molar-refractivity contribution < 1.29 is 20.4 Å². The zero-order chi connectivity index (χ0) is 27.6. The van der Waals surface area contributed by atoms with E-state index in [1.54, 1.807) is 6.20 Å². The van der Waals surface area contributed by atoms with Crippen molar-refractivity contribution in [2.45, 2.75) is 0 Å². The standard InChI is InChI=1S/C36H23BN5.Pd/c1-2-9-26(10-3-1)39-21-22-40(25-39)27-15-17-29-31-11-4-6-13-35(31)42-36-14-7-5-12-32(36)30-18-16-28(41-20-8-19-38-41)24-34(30)37(42)33(29)23-27;/h1-22,25H;/q-3;. The summed E-state index contributed by atoms with van der Waals surface area (Å²) < 4.78 is 1.88.